The number of rotatable bonds is 4. The number of nitro benzene ring substituents is 1. The Labute approximate surface area is 123 Å². The Morgan fingerprint density at radius 1 is 1.55 bits per heavy atom. The van der Waals surface area contributed by atoms with E-state index < -0.39 is 0 Å². The Morgan fingerprint density at radius 3 is 2.95 bits per heavy atom. The Morgan fingerprint density at radius 2 is 2.30 bits per heavy atom. The summed E-state index contributed by atoms with van der Waals surface area (Å²) in [5, 5.41) is 11.6. The van der Waals surface area contributed by atoms with Crippen molar-refractivity contribution in [2.24, 2.45) is 11.7 Å². The predicted molar refractivity (Wildman–Crippen MR) is 79.8 cm³/mol. The molecule has 0 saturated carbocycles. The van der Waals surface area contributed by atoms with Crippen molar-refractivity contribution >= 4 is 17.3 Å². The number of nitro groups is 1. The summed E-state index contributed by atoms with van der Waals surface area (Å²) in [4.78, 5) is 13.0. The second-order valence-electron chi connectivity index (χ2n) is 5.52. The van der Waals surface area contributed by atoms with Gasteiger partial charge in [-0.05, 0) is 37.4 Å². The van der Waals surface area contributed by atoms with Gasteiger partial charge in [0.25, 0.3) is 5.69 Å². The van der Waals surface area contributed by atoms with Crippen molar-refractivity contribution in [2.45, 2.75) is 32.4 Å². The average Bonchev–Trinajstić information content (AvgIpc) is 2.40. The Bertz CT molecular complexity index is 495. The normalized spacial score (nSPS) is 23.8. The minimum absolute atomic E-state index is 0.129. The lowest BCUT2D eigenvalue weighted by Crippen LogP contribution is -2.45. The monoisotopic (exact) mass is 297 g/mol. The summed E-state index contributed by atoms with van der Waals surface area (Å²) in [6.07, 6.45) is 2.15. The van der Waals surface area contributed by atoms with Gasteiger partial charge in [-0.2, -0.15) is 0 Å². The van der Waals surface area contributed by atoms with Crippen molar-refractivity contribution in [1.82, 2.24) is 4.90 Å². The van der Waals surface area contributed by atoms with Gasteiger partial charge in [-0.3, -0.25) is 15.0 Å². The molecule has 0 aliphatic carbocycles. The molecule has 2 N–H and O–H groups in total. The number of hydrogen-bond donors (Lipinski definition) is 1. The average molecular weight is 298 g/mol. The molecule has 0 aromatic heterocycles. The van der Waals surface area contributed by atoms with Crippen molar-refractivity contribution in [2.75, 3.05) is 13.1 Å². The lowest BCUT2D eigenvalue weighted by Gasteiger charge is -2.37. The summed E-state index contributed by atoms with van der Waals surface area (Å²) in [6, 6.07) is 5.01. The standard InChI is InChI=1S/C14H20ClN3O2/c1-10-4-5-17(13(6-10)8-16)9-11-7-12(15)2-3-14(11)18(19)20/h2-3,7,10,13H,4-6,8-9,16H2,1H3. The second-order valence-corrected chi connectivity index (χ2v) is 5.96. The van der Waals surface area contributed by atoms with Crippen molar-refractivity contribution in [1.29, 1.82) is 0 Å². The first-order chi connectivity index (χ1) is 9.51. The van der Waals surface area contributed by atoms with Crippen LogP contribution < -0.4 is 5.73 Å². The maximum absolute atomic E-state index is 11.1. The van der Waals surface area contributed by atoms with Crippen LogP contribution in [0.2, 0.25) is 5.02 Å². The fraction of sp³-hybridized carbons (Fsp3) is 0.571. The van der Waals surface area contributed by atoms with E-state index in [1.54, 1.807) is 12.1 Å². The maximum Gasteiger partial charge on any atom is 0.273 e. The van der Waals surface area contributed by atoms with Crippen LogP contribution in [0.5, 0.6) is 0 Å². The van der Waals surface area contributed by atoms with Crippen LogP contribution >= 0.6 is 11.6 Å². The highest BCUT2D eigenvalue weighted by Crippen LogP contribution is 2.28. The minimum atomic E-state index is -0.352. The molecule has 2 rings (SSSR count). The van der Waals surface area contributed by atoms with E-state index in [1.165, 1.54) is 6.07 Å². The summed E-state index contributed by atoms with van der Waals surface area (Å²) in [6.45, 7) is 4.26. The SMILES string of the molecule is CC1CCN(Cc2cc(Cl)ccc2[N+](=O)[O-])C(CN)C1. The van der Waals surface area contributed by atoms with Gasteiger partial charge < -0.3 is 5.73 Å². The number of piperidine rings is 1. The molecule has 1 fully saturated rings. The van der Waals surface area contributed by atoms with Crippen molar-refractivity contribution in [3.05, 3.63) is 38.9 Å². The van der Waals surface area contributed by atoms with E-state index in [2.05, 4.69) is 11.8 Å². The van der Waals surface area contributed by atoms with Gasteiger partial charge in [0.1, 0.15) is 0 Å². The van der Waals surface area contributed by atoms with Gasteiger partial charge in [0.05, 0.1) is 4.92 Å². The molecule has 20 heavy (non-hydrogen) atoms. The lowest BCUT2D eigenvalue weighted by molar-refractivity contribution is -0.385. The summed E-state index contributed by atoms with van der Waals surface area (Å²) in [5.41, 5.74) is 6.63. The van der Waals surface area contributed by atoms with E-state index in [0.29, 0.717) is 29.6 Å². The third-order valence-corrected chi connectivity index (χ3v) is 4.22. The predicted octanol–water partition coefficient (Wildman–Crippen LogP) is 2.81. The van der Waals surface area contributed by atoms with Crippen LogP contribution in [0.3, 0.4) is 0 Å². The molecule has 2 unspecified atom stereocenters. The molecule has 1 aromatic carbocycles. The van der Waals surface area contributed by atoms with Crippen LogP contribution in [0.1, 0.15) is 25.3 Å². The van der Waals surface area contributed by atoms with Gasteiger partial charge >= 0.3 is 0 Å². The van der Waals surface area contributed by atoms with Gasteiger partial charge in [0.15, 0.2) is 0 Å². The first-order valence-corrected chi connectivity index (χ1v) is 7.26. The first-order valence-electron chi connectivity index (χ1n) is 6.88. The molecule has 1 aliphatic rings. The van der Waals surface area contributed by atoms with Gasteiger partial charge in [0.2, 0.25) is 0 Å². The molecule has 6 heteroatoms. The van der Waals surface area contributed by atoms with Crippen LogP contribution in [0.25, 0.3) is 0 Å². The smallest absolute Gasteiger partial charge is 0.273 e. The highest BCUT2D eigenvalue weighted by Gasteiger charge is 2.27. The topological polar surface area (TPSA) is 72.4 Å². The number of nitrogens with two attached hydrogens (primary N) is 1. The molecule has 0 amide bonds. The molecule has 0 bridgehead atoms. The van der Waals surface area contributed by atoms with Crippen LogP contribution in [0, 0.1) is 16.0 Å². The summed E-state index contributed by atoms with van der Waals surface area (Å²) >= 11 is 5.97. The number of hydrogen-bond acceptors (Lipinski definition) is 4. The largest absolute Gasteiger partial charge is 0.329 e. The van der Waals surface area contributed by atoms with E-state index in [0.717, 1.165) is 19.4 Å². The van der Waals surface area contributed by atoms with Crippen LogP contribution in [0.4, 0.5) is 5.69 Å². The van der Waals surface area contributed by atoms with Crippen molar-refractivity contribution in [3.63, 3.8) is 0 Å². The number of benzene rings is 1. The van der Waals surface area contributed by atoms with E-state index in [-0.39, 0.29) is 16.7 Å². The van der Waals surface area contributed by atoms with Gasteiger partial charge in [-0.25, -0.2) is 0 Å². The number of halogens is 1. The summed E-state index contributed by atoms with van der Waals surface area (Å²) < 4.78 is 0. The fourth-order valence-electron chi connectivity index (χ4n) is 2.83. The first kappa shape index (κ1) is 15.2. The molecule has 1 saturated heterocycles. The summed E-state index contributed by atoms with van der Waals surface area (Å²) in [5.74, 6) is 0.661. The number of likely N-dealkylation sites (tertiary alicyclic amines) is 1. The molecule has 110 valence electrons. The number of nitrogens with zero attached hydrogens (tertiary/aromatic N) is 2. The van der Waals surface area contributed by atoms with Crippen molar-refractivity contribution in [3.8, 4) is 0 Å². The van der Waals surface area contributed by atoms with Crippen LogP contribution in [0.15, 0.2) is 18.2 Å². The molecule has 1 aromatic rings. The van der Waals surface area contributed by atoms with Crippen LogP contribution in [-0.4, -0.2) is 29.0 Å². The molecule has 1 heterocycles. The van der Waals surface area contributed by atoms with E-state index >= 15 is 0 Å². The lowest BCUT2D eigenvalue weighted by atomic mass is 9.92. The quantitative estimate of drug-likeness (QED) is 0.685. The molecule has 5 nitrogen and oxygen atoms in total. The highest BCUT2D eigenvalue weighted by molar-refractivity contribution is 6.30. The molecule has 1 aliphatic heterocycles. The second kappa shape index (κ2) is 6.52. The fourth-order valence-corrected chi connectivity index (χ4v) is 3.03. The Kier molecular flexibility index (Phi) is 4.96. The third-order valence-electron chi connectivity index (χ3n) is 3.98. The van der Waals surface area contributed by atoms with Gasteiger partial charge in [-0.1, -0.05) is 18.5 Å². The van der Waals surface area contributed by atoms with Gasteiger partial charge in [0, 0.05) is 35.8 Å². The Balaban J connectivity index is 2.20. The maximum atomic E-state index is 11.1. The molecule has 0 radical (unpaired) electrons. The zero-order chi connectivity index (χ0) is 14.7. The molecule has 2 atom stereocenters. The zero-order valence-corrected chi connectivity index (χ0v) is 12.3. The van der Waals surface area contributed by atoms with Gasteiger partial charge in [-0.15, -0.1) is 0 Å². The van der Waals surface area contributed by atoms with E-state index in [1.807, 2.05) is 0 Å². The van der Waals surface area contributed by atoms with Crippen molar-refractivity contribution < 1.29 is 4.92 Å². The molecule has 0 spiro atoms. The highest BCUT2D eigenvalue weighted by atomic mass is 35.5. The third kappa shape index (κ3) is 3.48. The van der Waals surface area contributed by atoms with E-state index in [4.69, 9.17) is 17.3 Å². The minimum Gasteiger partial charge on any atom is -0.329 e. The zero-order valence-electron chi connectivity index (χ0n) is 11.6. The molecular weight excluding hydrogens is 278 g/mol. The Hall–Kier alpha value is -1.17. The van der Waals surface area contributed by atoms with Crippen LogP contribution in [-0.2, 0) is 6.54 Å². The molecular formula is C14H20ClN3O2. The van der Waals surface area contributed by atoms with E-state index in [9.17, 15) is 10.1 Å². The summed E-state index contributed by atoms with van der Waals surface area (Å²) in [7, 11) is 0.